The summed E-state index contributed by atoms with van der Waals surface area (Å²) < 4.78 is 11.8. The molecule has 4 rings (SSSR count). The van der Waals surface area contributed by atoms with Crippen molar-refractivity contribution >= 4 is 17.4 Å². The number of ether oxygens (including phenoxy) is 1. The summed E-state index contributed by atoms with van der Waals surface area (Å²) in [5.74, 6) is 1.07. The lowest BCUT2D eigenvalue weighted by atomic mass is 10.0. The van der Waals surface area contributed by atoms with Gasteiger partial charge in [-0.3, -0.25) is 0 Å². The molecule has 0 radical (unpaired) electrons. The van der Waals surface area contributed by atoms with Crippen molar-refractivity contribution in [3.8, 4) is 5.75 Å². The Hall–Kier alpha value is -4.13. The number of hydrogen-bond donors (Lipinski definition) is 1. The first-order valence-corrected chi connectivity index (χ1v) is 9.78. The van der Waals surface area contributed by atoms with Gasteiger partial charge in [-0.15, -0.1) is 5.10 Å². The van der Waals surface area contributed by atoms with Crippen molar-refractivity contribution in [1.82, 2.24) is 10.2 Å². The Morgan fingerprint density at radius 3 is 2.48 bits per heavy atom. The second-order valence-corrected chi connectivity index (χ2v) is 6.74. The zero-order valence-corrected chi connectivity index (χ0v) is 17.3. The van der Waals surface area contributed by atoms with Crippen molar-refractivity contribution in [2.75, 3.05) is 12.4 Å². The number of para-hydroxylation sites is 2. The maximum absolute atomic E-state index is 6.04. The lowest BCUT2D eigenvalue weighted by molar-refractivity contribution is 0.213. The molecular formula is C24H22N4O3. The highest BCUT2D eigenvalue weighted by Crippen LogP contribution is 2.22. The van der Waals surface area contributed by atoms with Crippen molar-refractivity contribution in [2.45, 2.75) is 13.5 Å². The van der Waals surface area contributed by atoms with E-state index in [1.165, 1.54) is 7.11 Å². The normalized spacial score (nSPS) is 11.2. The van der Waals surface area contributed by atoms with Gasteiger partial charge in [0.25, 0.3) is 5.89 Å². The van der Waals surface area contributed by atoms with Crippen LogP contribution < -0.4 is 10.1 Å². The third kappa shape index (κ3) is 4.90. The van der Waals surface area contributed by atoms with E-state index in [-0.39, 0.29) is 11.9 Å². The predicted molar refractivity (Wildman–Crippen MR) is 119 cm³/mol. The molecule has 0 bridgehead atoms. The van der Waals surface area contributed by atoms with E-state index in [4.69, 9.17) is 14.0 Å². The molecule has 0 fully saturated rings. The monoisotopic (exact) mass is 414 g/mol. The van der Waals surface area contributed by atoms with Crippen LogP contribution >= 0.6 is 0 Å². The van der Waals surface area contributed by atoms with Crippen LogP contribution in [0, 0.1) is 6.92 Å². The number of hydrogen-bond acceptors (Lipinski definition) is 7. The zero-order valence-electron chi connectivity index (χ0n) is 17.3. The van der Waals surface area contributed by atoms with Crippen molar-refractivity contribution in [2.24, 2.45) is 5.16 Å². The van der Waals surface area contributed by atoms with E-state index < -0.39 is 0 Å². The van der Waals surface area contributed by atoms with Gasteiger partial charge in [0.2, 0.25) is 0 Å². The third-order valence-corrected chi connectivity index (χ3v) is 4.58. The molecule has 0 saturated heterocycles. The van der Waals surface area contributed by atoms with Crippen molar-refractivity contribution in [3.05, 3.63) is 101 Å². The summed E-state index contributed by atoms with van der Waals surface area (Å²) in [7, 11) is 1.48. The molecular weight excluding hydrogens is 392 g/mol. The number of nitrogens with zero attached hydrogens (tertiary/aromatic N) is 3. The molecule has 0 aliphatic heterocycles. The first kappa shape index (κ1) is 20.2. The molecule has 7 nitrogen and oxygen atoms in total. The van der Waals surface area contributed by atoms with Gasteiger partial charge in [0.15, 0.2) is 5.71 Å². The van der Waals surface area contributed by atoms with Gasteiger partial charge in [-0.2, -0.15) is 0 Å². The van der Waals surface area contributed by atoms with E-state index in [1.807, 2.05) is 85.8 Å². The van der Waals surface area contributed by atoms with E-state index in [1.54, 1.807) is 0 Å². The Morgan fingerprint density at radius 1 is 0.935 bits per heavy atom. The smallest absolute Gasteiger partial charge is 0.320 e. The number of aromatic nitrogens is 2. The van der Waals surface area contributed by atoms with E-state index in [0.29, 0.717) is 12.3 Å². The Kier molecular flexibility index (Phi) is 6.23. The van der Waals surface area contributed by atoms with Crippen LogP contribution in [0.25, 0.3) is 0 Å². The van der Waals surface area contributed by atoms with Crippen molar-refractivity contribution in [1.29, 1.82) is 0 Å². The van der Waals surface area contributed by atoms with E-state index in [0.717, 1.165) is 28.1 Å². The van der Waals surface area contributed by atoms with Gasteiger partial charge in [0, 0.05) is 11.3 Å². The molecule has 0 amide bonds. The zero-order chi connectivity index (χ0) is 21.5. The average Bonchev–Trinajstić information content (AvgIpc) is 3.26. The van der Waals surface area contributed by atoms with Crippen LogP contribution in [-0.4, -0.2) is 23.0 Å². The summed E-state index contributed by atoms with van der Waals surface area (Å²) in [5, 5.41) is 15.5. The summed E-state index contributed by atoms with van der Waals surface area (Å²) in [5.41, 5.74) is 4.04. The molecule has 0 unspecified atom stereocenters. The molecule has 0 spiro atoms. The maximum Gasteiger partial charge on any atom is 0.320 e. The fourth-order valence-electron chi connectivity index (χ4n) is 3.06. The van der Waals surface area contributed by atoms with Gasteiger partial charge in [-0.25, -0.2) is 0 Å². The first-order valence-electron chi connectivity index (χ1n) is 9.78. The molecule has 0 aliphatic rings. The van der Waals surface area contributed by atoms with Gasteiger partial charge >= 0.3 is 6.01 Å². The molecule has 0 aliphatic carbocycles. The SMILES string of the molecule is CO/N=C(/c1nnc(Nc2ccccc2)o1)c1ccccc1COc1ccccc1C. The second-order valence-electron chi connectivity index (χ2n) is 6.74. The Bertz CT molecular complexity index is 1170. The standard InChI is InChI=1S/C24H22N4O3/c1-17-10-6-9-15-21(17)30-16-18-11-7-8-14-20(18)22(28-29-2)23-26-27-24(31-23)25-19-12-4-3-5-13-19/h3-15H,16H2,1-2H3,(H,25,27)/b28-22+. The molecule has 31 heavy (non-hydrogen) atoms. The molecule has 4 aromatic rings. The Morgan fingerprint density at radius 2 is 1.68 bits per heavy atom. The number of aryl methyl sites for hydroxylation is 1. The highest BCUT2D eigenvalue weighted by Gasteiger charge is 2.19. The maximum atomic E-state index is 6.04. The minimum Gasteiger partial charge on any atom is -0.489 e. The van der Waals surface area contributed by atoms with Crippen LogP contribution in [-0.2, 0) is 11.4 Å². The second kappa shape index (κ2) is 9.58. The Balaban J connectivity index is 1.59. The van der Waals surface area contributed by atoms with Gasteiger partial charge in [-0.05, 0) is 36.2 Å². The van der Waals surface area contributed by atoms with Crippen LogP contribution in [0.1, 0.15) is 22.6 Å². The molecule has 7 heteroatoms. The first-order chi connectivity index (χ1) is 15.2. The Labute approximate surface area is 180 Å². The summed E-state index contributed by atoms with van der Waals surface area (Å²) in [6, 6.07) is 25.5. The molecule has 1 aromatic heterocycles. The van der Waals surface area contributed by atoms with Crippen molar-refractivity contribution < 1.29 is 14.0 Å². The fourth-order valence-corrected chi connectivity index (χ4v) is 3.06. The summed E-state index contributed by atoms with van der Waals surface area (Å²) >= 11 is 0. The van der Waals surface area contributed by atoms with Crippen LogP contribution in [0.5, 0.6) is 5.75 Å². The topological polar surface area (TPSA) is 81.8 Å². The fraction of sp³-hybridized carbons (Fsp3) is 0.125. The number of oxime groups is 1. The van der Waals surface area contributed by atoms with Crippen molar-refractivity contribution in [3.63, 3.8) is 0 Å². The molecule has 156 valence electrons. The minimum absolute atomic E-state index is 0.239. The number of benzene rings is 3. The van der Waals surface area contributed by atoms with Gasteiger partial charge in [0.05, 0.1) is 0 Å². The molecule has 1 N–H and O–H groups in total. The highest BCUT2D eigenvalue weighted by atomic mass is 16.6. The predicted octanol–water partition coefficient (Wildman–Crippen LogP) is 5.10. The number of nitrogens with one attached hydrogen (secondary N) is 1. The summed E-state index contributed by atoms with van der Waals surface area (Å²) in [6.07, 6.45) is 0. The molecule has 0 atom stereocenters. The van der Waals surface area contributed by atoms with E-state index in [9.17, 15) is 0 Å². The molecule has 0 saturated carbocycles. The van der Waals surface area contributed by atoms with Crippen LogP contribution in [0.2, 0.25) is 0 Å². The van der Waals surface area contributed by atoms with E-state index >= 15 is 0 Å². The lowest BCUT2D eigenvalue weighted by Crippen LogP contribution is -2.10. The van der Waals surface area contributed by atoms with Crippen LogP contribution in [0.15, 0.2) is 88.4 Å². The van der Waals surface area contributed by atoms with Crippen LogP contribution in [0.3, 0.4) is 0 Å². The van der Waals surface area contributed by atoms with Crippen LogP contribution in [0.4, 0.5) is 11.7 Å². The quantitative estimate of drug-likeness (QED) is 0.319. The molecule has 3 aromatic carbocycles. The van der Waals surface area contributed by atoms with Gasteiger partial charge in [-0.1, -0.05) is 70.9 Å². The summed E-state index contributed by atoms with van der Waals surface area (Å²) in [6.45, 7) is 2.37. The molecule has 1 heterocycles. The summed E-state index contributed by atoms with van der Waals surface area (Å²) in [4.78, 5) is 5.08. The number of rotatable bonds is 8. The highest BCUT2D eigenvalue weighted by molar-refractivity contribution is 6.10. The lowest BCUT2D eigenvalue weighted by Gasteiger charge is -2.12. The largest absolute Gasteiger partial charge is 0.489 e. The average molecular weight is 414 g/mol. The van der Waals surface area contributed by atoms with E-state index in [2.05, 4.69) is 20.7 Å². The van der Waals surface area contributed by atoms with Gasteiger partial charge in [0.1, 0.15) is 19.5 Å². The third-order valence-electron chi connectivity index (χ3n) is 4.58. The van der Waals surface area contributed by atoms with Gasteiger partial charge < -0.3 is 19.3 Å². The minimum atomic E-state index is 0.239. The number of anilines is 2.